The first-order chi connectivity index (χ1) is 8.13. The fourth-order valence-corrected chi connectivity index (χ4v) is 1.61. The molecule has 0 saturated carbocycles. The summed E-state index contributed by atoms with van der Waals surface area (Å²) in [4.78, 5) is 1.84. The molecule has 17 heavy (non-hydrogen) atoms. The van der Waals surface area contributed by atoms with Crippen LogP contribution >= 0.6 is 0 Å². The molecule has 2 aromatic rings. The van der Waals surface area contributed by atoms with Gasteiger partial charge in [0, 0.05) is 26.8 Å². The zero-order valence-electron chi connectivity index (χ0n) is 9.98. The zero-order chi connectivity index (χ0) is 12.4. The largest absolute Gasteiger partial charge is 0.357 e. The third-order valence-corrected chi connectivity index (χ3v) is 2.59. The predicted octanol–water partition coefficient (Wildman–Crippen LogP) is 1.76. The quantitative estimate of drug-likeness (QED) is 0.880. The zero-order valence-corrected chi connectivity index (χ0v) is 9.98. The minimum Gasteiger partial charge on any atom is -0.357 e. The summed E-state index contributed by atoms with van der Waals surface area (Å²) < 4.78 is 14.7. The van der Waals surface area contributed by atoms with Crippen LogP contribution in [-0.4, -0.2) is 28.9 Å². The van der Waals surface area contributed by atoms with Crippen molar-refractivity contribution < 1.29 is 4.39 Å². The highest BCUT2D eigenvalue weighted by molar-refractivity contribution is 5.57. The molecule has 0 aliphatic rings. The minimum atomic E-state index is -0.254. The maximum Gasteiger partial charge on any atom is 0.232 e. The molecule has 90 valence electrons. The maximum atomic E-state index is 12.8. The third kappa shape index (κ3) is 2.06. The van der Waals surface area contributed by atoms with E-state index in [9.17, 15) is 4.39 Å². The molecule has 0 radical (unpaired) electrons. The Kier molecular flexibility index (Phi) is 2.95. The molecular weight excluding hydrogens is 221 g/mol. The van der Waals surface area contributed by atoms with Gasteiger partial charge >= 0.3 is 0 Å². The number of hydrogen-bond donors (Lipinski definition) is 1. The Hall–Kier alpha value is -2.11. The molecular formula is C11H14FN5. The van der Waals surface area contributed by atoms with Gasteiger partial charge in [0.2, 0.25) is 11.9 Å². The molecule has 1 aromatic heterocycles. The Balaban J connectivity index is 2.33. The molecule has 0 atom stereocenters. The molecule has 0 saturated heterocycles. The van der Waals surface area contributed by atoms with Crippen LogP contribution in [0.25, 0.3) is 0 Å². The van der Waals surface area contributed by atoms with Crippen molar-refractivity contribution in [2.45, 2.75) is 0 Å². The average Bonchev–Trinajstić information content (AvgIpc) is 2.70. The van der Waals surface area contributed by atoms with Crippen molar-refractivity contribution >= 4 is 17.6 Å². The number of nitrogens with zero attached hydrogens (tertiary/aromatic N) is 4. The summed E-state index contributed by atoms with van der Waals surface area (Å²) in [6, 6.07) is 6.23. The molecule has 1 N–H and O–H groups in total. The van der Waals surface area contributed by atoms with Gasteiger partial charge in [-0.05, 0) is 24.3 Å². The smallest absolute Gasteiger partial charge is 0.232 e. The lowest BCUT2D eigenvalue weighted by Gasteiger charge is -2.17. The van der Waals surface area contributed by atoms with Crippen molar-refractivity contribution in [1.29, 1.82) is 0 Å². The molecule has 6 heteroatoms. The van der Waals surface area contributed by atoms with E-state index in [4.69, 9.17) is 0 Å². The number of hydrogen-bond acceptors (Lipinski definition) is 4. The second kappa shape index (κ2) is 4.40. The van der Waals surface area contributed by atoms with Crippen LogP contribution in [0, 0.1) is 5.82 Å². The fourth-order valence-electron chi connectivity index (χ4n) is 1.61. The normalized spacial score (nSPS) is 10.4. The Bertz CT molecular complexity index is 505. The van der Waals surface area contributed by atoms with Crippen LogP contribution in [0.15, 0.2) is 24.3 Å². The van der Waals surface area contributed by atoms with Gasteiger partial charge in [-0.25, -0.2) is 4.39 Å². The van der Waals surface area contributed by atoms with E-state index in [1.54, 1.807) is 19.2 Å². The SMILES string of the molecule is CNc1nnc(N(C)c2ccc(F)cc2)n1C. The fraction of sp³-hybridized carbons (Fsp3) is 0.273. The van der Waals surface area contributed by atoms with Crippen molar-refractivity contribution in [2.75, 3.05) is 24.3 Å². The van der Waals surface area contributed by atoms with Gasteiger partial charge in [0.05, 0.1) is 0 Å². The number of rotatable bonds is 3. The molecule has 0 bridgehead atoms. The van der Waals surface area contributed by atoms with E-state index in [0.717, 1.165) is 5.69 Å². The first kappa shape index (κ1) is 11.4. The van der Waals surface area contributed by atoms with E-state index in [1.165, 1.54) is 12.1 Å². The van der Waals surface area contributed by atoms with Gasteiger partial charge in [0.1, 0.15) is 5.82 Å². The van der Waals surface area contributed by atoms with Gasteiger partial charge in [0.25, 0.3) is 0 Å². The van der Waals surface area contributed by atoms with E-state index in [0.29, 0.717) is 11.9 Å². The van der Waals surface area contributed by atoms with Crippen LogP contribution in [0.4, 0.5) is 22.0 Å². The summed E-state index contributed by atoms with van der Waals surface area (Å²) in [6.07, 6.45) is 0. The van der Waals surface area contributed by atoms with Crippen LogP contribution in [0.2, 0.25) is 0 Å². The van der Waals surface area contributed by atoms with Crippen LogP contribution in [-0.2, 0) is 7.05 Å². The maximum absolute atomic E-state index is 12.8. The van der Waals surface area contributed by atoms with Crippen LogP contribution < -0.4 is 10.2 Å². The molecule has 0 spiro atoms. The summed E-state index contributed by atoms with van der Waals surface area (Å²) in [7, 11) is 5.50. The molecule has 0 unspecified atom stereocenters. The molecule has 0 fully saturated rings. The second-order valence-electron chi connectivity index (χ2n) is 3.67. The summed E-state index contributed by atoms with van der Waals surface area (Å²) in [6.45, 7) is 0. The monoisotopic (exact) mass is 235 g/mol. The lowest BCUT2D eigenvalue weighted by molar-refractivity contribution is 0.628. The van der Waals surface area contributed by atoms with Crippen molar-refractivity contribution in [3.8, 4) is 0 Å². The van der Waals surface area contributed by atoms with E-state index in [2.05, 4.69) is 15.5 Å². The topological polar surface area (TPSA) is 46.0 Å². The van der Waals surface area contributed by atoms with Gasteiger partial charge in [-0.15, -0.1) is 10.2 Å². The molecule has 1 heterocycles. The van der Waals surface area contributed by atoms with Gasteiger partial charge in [-0.1, -0.05) is 0 Å². The molecule has 2 rings (SSSR count). The number of aromatic nitrogens is 3. The Morgan fingerprint density at radius 1 is 1.24 bits per heavy atom. The summed E-state index contributed by atoms with van der Waals surface area (Å²) >= 11 is 0. The lowest BCUT2D eigenvalue weighted by Crippen LogP contribution is -2.14. The first-order valence-electron chi connectivity index (χ1n) is 5.20. The van der Waals surface area contributed by atoms with E-state index in [-0.39, 0.29) is 5.82 Å². The number of anilines is 3. The number of benzene rings is 1. The van der Waals surface area contributed by atoms with Gasteiger partial charge < -0.3 is 10.2 Å². The standard InChI is InChI=1S/C11H14FN5/c1-13-10-14-15-11(17(10)3)16(2)9-6-4-8(12)5-7-9/h4-7H,1-3H3,(H,13,14). The summed E-state index contributed by atoms with van der Waals surface area (Å²) in [5.41, 5.74) is 0.851. The van der Waals surface area contributed by atoms with Crippen LogP contribution in [0.5, 0.6) is 0 Å². The van der Waals surface area contributed by atoms with Gasteiger partial charge in [-0.3, -0.25) is 4.57 Å². The van der Waals surface area contributed by atoms with Crippen molar-refractivity contribution in [3.63, 3.8) is 0 Å². The highest BCUT2D eigenvalue weighted by Crippen LogP contribution is 2.22. The van der Waals surface area contributed by atoms with E-state index >= 15 is 0 Å². The molecule has 0 aliphatic heterocycles. The Morgan fingerprint density at radius 3 is 2.41 bits per heavy atom. The second-order valence-corrected chi connectivity index (χ2v) is 3.67. The summed E-state index contributed by atoms with van der Waals surface area (Å²) in [5.74, 6) is 1.10. The minimum absolute atomic E-state index is 0.254. The van der Waals surface area contributed by atoms with E-state index < -0.39 is 0 Å². The molecule has 0 aliphatic carbocycles. The van der Waals surface area contributed by atoms with E-state index in [1.807, 2.05) is 23.6 Å². The Labute approximate surface area is 98.9 Å². The first-order valence-corrected chi connectivity index (χ1v) is 5.20. The van der Waals surface area contributed by atoms with Crippen molar-refractivity contribution in [2.24, 2.45) is 7.05 Å². The van der Waals surface area contributed by atoms with Gasteiger partial charge in [0.15, 0.2) is 0 Å². The highest BCUT2D eigenvalue weighted by atomic mass is 19.1. The lowest BCUT2D eigenvalue weighted by atomic mass is 10.3. The van der Waals surface area contributed by atoms with Gasteiger partial charge in [-0.2, -0.15) is 0 Å². The average molecular weight is 235 g/mol. The van der Waals surface area contributed by atoms with Crippen molar-refractivity contribution in [3.05, 3.63) is 30.1 Å². The molecule has 0 amide bonds. The third-order valence-electron chi connectivity index (χ3n) is 2.59. The van der Waals surface area contributed by atoms with Crippen LogP contribution in [0.3, 0.4) is 0 Å². The number of nitrogens with one attached hydrogen (secondary N) is 1. The van der Waals surface area contributed by atoms with Crippen molar-refractivity contribution in [1.82, 2.24) is 14.8 Å². The highest BCUT2D eigenvalue weighted by Gasteiger charge is 2.12. The number of halogens is 1. The predicted molar refractivity (Wildman–Crippen MR) is 65.0 cm³/mol. The summed E-state index contributed by atoms with van der Waals surface area (Å²) in [5, 5.41) is 11.0. The molecule has 1 aromatic carbocycles. The van der Waals surface area contributed by atoms with Crippen LogP contribution in [0.1, 0.15) is 0 Å². The Morgan fingerprint density at radius 2 is 1.88 bits per heavy atom. The molecule has 5 nitrogen and oxygen atoms in total.